The molecule has 4 heterocycles. The Kier molecular flexibility index (Phi) is 8.52. The zero-order chi connectivity index (χ0) is 30.9. The number of halogens is 3. The molecule has 5 rings (SSSR count). The summed E-state index contributed by atoms with van der Waals surface area (Å²) in [5.74, 6) is 0.0151. The minimum Gasteiger partial charge on any atom is -0.465 e. The number of anilines is 1. The lowest BCUT2D eigenvalue weighted by Crippen LogP contribution is -2.44. The number of hydrogen-bond donors (Lipinski definition) is 3. The maximum atomic E-state index is 14.1. The number of aromatic nitrogens is 5. The molecule has 0 unspecified atom stereocenters. The van der Waals surface area contributed by atoms with E-state index in [0.717, 1.165) is 29.1 Å². The number of amides is 1. The number of aryl methyl sites for hydroxylation is 1. The van der Waals surface area contributed by atoms with Gasteiger partial charge < -0.3 is 25.0 Å². The molecule has 14 heteroatoms. The normalized spacial score (nSPS) is 16.2. The van der Waals surface area contributed by atoms with E-state index in [1.165, 1.54) is 11.1 Å². The zero-order valence-electron chi connectivity index (χ0n) is 24.6. The number of carbonyl (C=O) groups is 1. The molecule has 1 saturated heterocycles. The Bertz CT molecular complexity index is 1610. The first kappa shape index (κ1) is 30.5. The van der Waals surface area contributed by atoms with Gasteiger partial charge in [-0.05, 0) is 37.4 Å². The van der Waals surface area contributed by atoms with Crippen molar-refractivity contribution in [1.82, 2.24) is 29.6 Å². The number of likely N-dealkylation sites (tertiary alicyclic amines) is 1. The van der Waals surface area contributed by atoms with E-state index in [0.29, 0.717) is 49.2 Å². The van der Waals surface area contributed by atoms with Gasteiger partial charge in [-0.2, -0.15) is 18.3 Å². The summed E-state index contributed by atoms with van der Waals surface area (Å²) in [6, 6.07) is 6.27. The van der Waals surface area contributed by atoms with Crippen LogP contribution in [-0.2, 0) is 17.6 Å². The van der Waals surface area contributed by atoms with Gasteiger partial charge in [-0.15, -0.1) is 0 Å². The van der Waals surface area contributed by atoms with Crippen molar-refractivity contribution in [3.8, 4) is 22.4 Å². The van der Waals surface area contributed by atoms with Crippen LogP contribution in [0.5, 0.6) is 0 Å². The topological polar surface area (TPSA) is 121 Å². The van der Waals surface area contributed by atoms with E-state index in [9.17, 15) is 23.1 Å². The Balaban J connectivity index is 1.41. The third-order valence-corrected chi connectivity index (χ3v) is 9.24. The van der Waals surface area contributed by atoms with Crippen LogP contribution in [0, 0.1) is 6.92 Å². The van der Waals surface area contributed by atoms with Gasteiger partial charge in [0.05, 0.1) is 11.4 Å². The van der Waals surface area contributed by atoms with Crippen LogP contribution in [0.4, 0.5) is 23.9 Å². The summed E-state index contributed by atoms with van der Waals surface area (Å²) in [6.45, 7) is 10.4. The quantitative estimate of drug-likeness (QED) is 0.142. The number of ether oxygens (including phenoxy) is 1. The Morgan fingerprint density at radius 1 is 1.26 bits per heavy atom. The predicted molar refractivity (Wildman–Crippen MR) is 161 cm³/mol. The summed E-state index contributed by atoms with van der Waals surface area (Å²) in [5, 5.41) is 17.5. The molecule has 1 aromatic carbocycles. The van der Waals surface area contributed by atoms with Gasteiger partial charge in [0, 0.05) is 74.4 Å². The van der Waals surface area contributed by atoms with Crippen LogP contribution in [0.3, 0.4) is 0 Å². The van der Waals surface area contributed by atoms with Gasteiger partial charge in [-0.25, -0.2) is 19.4 Å². The molecule has 10 nitrogen and oxygen atoms in total. The fraction of sp³-hybridized carbons (Fsp3) is 0.448. The Hall–Kier alpha value is -3.91. The first-order chi connectivity index (χ1) is 20.3. The van der Waals surface area contributed by atoms with Gasteiger partial charge in [0.2, 0.25) is 5.95 Å². The van der Waals surface area contributed by atoms with Crippen LogP contribution < -0.4 is 5.32 Å². The molecule has 1 fully saturated rings. The number of H-pyrrole nitrogens is 1. The third-order valence-electron chi connectivity index (χ3n) is 7.53. The number of fused-ring (bicyclic) bond motifs is 1. The monoisotopic (exact) mass is 615 g/mol. The largest absolute Gasteiger partial charge is 0.465 e. The molecule has 3 aromatic heterocycles. The van der Waals surface area contributed by atoms with E-state index in [2.05, 4.69) is 45.0 Å². The number of nitrogens with one attached hydrogen (secondary N) is 2. The van der Waals surface area contributed by atoms with Gasteiger partial charge in [0.25, 0.3) is 0 Å². The standard InChI is InChI=1S/C29H36F3N7O3Si/c1-18-23(16-39(37-18)17-42-10-11-43(2,3)4)19-7-8-21-22(13-33-25(21)12-19)26-24(29(30,31)32)14-34-27(36-26)35-20-6-5-9-38(15-20)28(40)41/h7-8,12-14,16,20,33H,5-6,9-11,15,17H2,1-4H3,(H,40,41)(H,34,35,36)/t20-/m0/s1. The average molecular weight is 616 g/mol. The number of rotatable bonds is 9. The van der Waals surface area contributed by atoms with Crippen molar-refractivity contribution < 1.29 is 27.8 Å². The highest BCUT2D eigenvalue weighted by Gasteiger charge is 2.36. The summed E-state index contributed by atoms with van der Waals surface area (Å²) in [6.07, 6.45) is -0.218. The molecule has 0 radical (unpaired) electrons. The van der Waals surface area contributed by atoms with E-state index >= 15 is 0 Å². The van der Waals surface area contributed by atoms with Crippen LogP contribution in [0.1, 0.15) is 24.1 Å². The molecule has 1 amide bonds. The van der Waals surface area contributed by atoms with Crippen LogP contribution in [0.25, 0.3) is 33.3 Å². The highest BCUT2D eigenvalue weighted by atomic mass is 28.3. The minimum atomic E-state index is -4.68. The summed E-state index contributed by atoms with van der Waals surface area (Å²) in [7, 11) is -1.19. The lowest BCUT2D eigenvalue weighted by Gasteiger charge is -2.31. The molecule has 1 atom stereocenters. The van der Waals surface area contributed by atoms with Crippen molar-refractivity contribution in [3.63, 3.8) is 0 Å². The number of carboxylic acid groups (broad SMARTS) is 1. The number of alkyl halides is 3. The molecule has 4 aromatic rings. The summed E-state index contributed by atoms with van der Waals surface area (Å²) < 4.78 is 49.8. The second-order valence-electron chi connectivity index (χ2n) is 12.1. The zero-order valence-corrected chi connectivity index (χ0v) is 25.6. The van der Waals surface area contributed by atoms with Crippen molar-refractivity contribution in [2.24, 2.45) is 0 Å². The number of hydrogen-bond acceptors (Lipinski definition) is 6. The summed E-state index contributed by atoms with van der Waals surface area (Å²) in [5.41, 5.74) is 2.32. The molecule has 3 N–H and O–H groups in total. The first-order valence-corrected chi connectivity index (χ1v) is 17.9. The molecule has 1 aliphatic rings. The van der Waals surface area contributed by atoms with Crippen molar-refractivity contribution in [3.05, 3.63) is 48.0 Å². The maximum Gasteiger partial charge on any atom is 0.419 e. The highest BCUT2D eigenvalue weighted by Crippen LogP contribution is 2.39. The van der Waals surface area contributed by atoms with E-state index in [-0.39, 0.29) is 24.2 Å². The molecule has 0 saturated carbocycles. The van der Waals surface area contributed by atoms with Gasteiger partial charge in [0.15, 0.2) is 0 Å². The van der Waals surface area contributed by atoms with Gasteiger partial charge >= 0.3 is 12.3 Å². The van der Waals surface area contributed by atoms with Crippen LogP contribution in [0.15, 0.2) is 36.8 Å². The SMILES string of the molecule is Cc1nn(COCC[Si](C)(C)C)cc1-c1ccc2c(-c3nc(N[C@H]4CCCN(C(=O)O)C4)ncc3C(F)(F)F)c[nH]c2c1. The molecular formula is C29H36F3N7O3Si. The number of nitrogens with zero attached hydrogens (tertiary/aromatic N) is 5. The molecule has 0 bridgehead atoms. The van der Waals surface area contributed by atoms with E-state index < -0.39 is 25.9 Å². The second-order valence-corrected chi connectivity index (χ2v) is 17.8. The van der Waals surface area contributed by atoms with Crippen LogP contribution in [0.2, 0.25) is 25.7 Å². The summed E-state index contributed by atoms with van der Waals surface area (Å²) >= 11 is 0. The lowest BCUT2D eigenvalue weighted by atomic mass is 10.0. The fourth-order valence-electron chi connectivity index (χ4n) is 5.21. The molecule has 0 aliphatic carbocycles. The highest BCUT2D eigenvalue weighted by molar-refractivity contribution is 6.76. The minimum absolute atomic E-state index is 0.0151. The Morgan fingerprint density at radius 3 is 2.77 bits per heavy atom. The molecule has 43 heavy (non-hydrogen) atoms. The second kappa shape index (κ2) is 12.0. The molecular weight excluding hydrogens is 579 g/mol. The van der Waals surface area contributed by atoms with Gasteiger partial charge in [0.1, 0.15) is 12.3 Å². The summed E-state index contributed by atoms with van der Waals surface area (Å²) in [4.78, 5) is 24.0. The van der Waals surface area contributed by atoms with E-state index in [1.54, 1.807) is 10.7 Å². The van der Waals surface area contributed by atoms with Gasteiger partial charge in [-0.3, -0.25) is 0 Å². The van der Waals surface area contributed by atoms with Crippen molar-refractivity contribution in [2.75, 3.05) is 25.0 Å². The van der Waals surface area contributed by atoms with Gasteiger partial charge in [-0.1, -0.05) is 31.8 Å². The number of benzene rings is 1. The van der Waals surface area contributed by atoms with Crippen molar-refractivity contribution >= 4 is 31.0 Å². The smallest absolute Gasteiger partial charge is 0.419 e. The van der Waals surface area contributed by atoms with E-state index in [1.807, 2.05) is 25.3 Å². The molecule has 230 valence electrons. The Morgan fingerprint density at radius 2 is 2.05 bits per heavy atom. The van der Waals surface area contributed by atoms with Crippen LogP contribution >= 0.6 is 0 Å². The van der Waals surface area contributed by atoms with Crippen molar-refractivity contribution in [2.45, 2.75) is 64.4 Å². The number of aromatic amines is 1. The number of piperidine rings is 1. The first-order valence-electron chi connectivity index (χ1n) is 14.2. The lowest BCUT2D eigenvalue weighted by molar-refractivity contribution is -0.137. The Labute approximate surface area is 248 Å². The van der Waals surface area contributed by atoms with E-state index in [4.69, 9.17) is 4.74 Å². The third kappa shape index (κ3) is 7.18. The molecule has 0 spiro atoms. The predicted octanol–water partition coefficient (Wildman–Crippen LogP) is 6.68. The average Bonchev–Trinajstić information content (AvgIpc) is 3.52. The fourth-order valence-corrected chi connectivity index (χ4v) is 5.97. The van der Waals surface area contributed by atoms with Crippen LogP contribution in [-0.4, -0.2) is 74.6 Å². The maximum absolute atomic E-state index is 14.1. The van der Waals surface area contributed by atoms with Crippen molar-refractivity contribution in [1.29, 1.82) is 0 Å². The molecule has 1 aliphatic heterocycles.